The van der Waals surface area contributed by atoms with Crippen molar-refractivity contribution in [2.45, 2.75) is 37.5 Å². The molecule has 10 heteroatoms. The van der Waals surface area contributed by atoms with E-state index in [0.29, 0.717) is 35.4 Å². The molecule has 0 N–H and O–H groups in total. The first-order chi connectivity index (χ1) is 19.8. The standard InChI is InChI=1S/C30H32N6O2S2/c1-4-21(6-2-16-37-29-27(31-39-33-29)25-19-35-12-8-23(25)9-13-35)18-22(5-1)7-3-17-38-30-28(32-40-34-30)26-20-36-14-10-24(26)11-15-36/h1,4-5,18,23-26H,8-17,19-20H2. The van der Waals surface area contributed by atoms with E-state index in [9.17, 15) is 0 Å². The number of hydrogen-bond donors (Lipinski definition) is 0. The molecule has 4 bridgehead atoms. The third kappa shape index (κ3) is 5.59. The second-order valence-corrected chi connectivity index (χ2v) is 12.2. The molecule has 0 saturated carbocycles. The minimum Gasteiger partial charge on any atom is -0.463 e. The molecule has 6 fully saturated rings. The van der Waals surface area contributed by atoms with Crippen molar-refractivity contribution in [3.8, 4) is 35.4 Å². The number of fused-ring (bicyclic) bond motifs is 6. The molecule has 3 aromatic rings. The van der Waals surface area contributed by atoms with Crippen molar-refractivity contribution in [1.82, 2.24) is 27.3 Å². The highest BCUT2D eigenvalue weighted by molar-refractivity contribution is 6.99. The minimum absolute atomic E-state index is 0.285. The summed E-state index contributed by atoms with van der Waals surface area (Å²) in [4.78, 5) is 5.06. The molecule has 6 saturated heterocycles. The van der Waals surface area contributed by atoms with Gasteiger partial charge in [0.25, 0.3) is 0 Å². The van der Waals surface area contributed by atoms with E-state index in [-0.39, 0.29) is 13.2 Å². The molecular formula is C30H32N6O2S2. The topological polar surface area (TPSA) is 76.5 Å². The number of nitrogens with zero attached hydrogens (tertiary/aromatic N) is 6. The summed E-state index contributed by atoms with van der Waals surface area (Å²) in [6.07, 6.45) is 4.98. The lowest BCUT2D eigenvalue weighted by atomic mass is 9.77. The average molecular weight is 573 g/mol. The molecule has 1 aromatic carbocycles. The van der Waals surface area contributed by atoms with Crippen molar-refractivity contribution < 1.29 is 9.47 Å². The van der Waals surface area contributed by atoms with Crippen LogP contribution in [0.5, 0.6) is 11.8 Å². The first kappa shape index (κ1) is 25.9. The molecule has 2 aromatic heterocycles. The Morgan fingerprint density at radius 3 is 1.60 bits per heavy atom. The van der Waals surface area contributed by atoms with E-state index >= 15 is 0 Å². The molecule has 0 aliphatic carbocycles. The lowest BCUT2D eigenvalue weighted by Gasteiger charge is -2.44. The van der Waals surface area contributed by atoms with Crippen LogP contribution in [-0.4, -0.2) is 79.8 Å². The van der Waals surface area contributed by atoms with Gasteiger partial charge in [-0.15, -0.1) is 8.75 Å². The minimum atomic E-state index is 0.285. The van der Waals surface area contributed by atoms with Crippen LogP contribution < -0.4 is 9.47 Å². The highest BCUT2D eigenvalue weighted by atomic mass is 32.1. The molecule has 9 rings (SSSR count). The highest BCUT2D eigenvalue weighted by Gasteiger charge is 2.39. The molecular weight excluding hydrogens is 541 g/mol. The van der Waals surface area contributed by atoms with E-state index in [2.05, 4.69) is 51.0 Å². The number of benzene rings is 1. The Kier molecular flexibility index (Phi) is 7.67. The number of hydrogen-bond acceptors (Lipinski definition) is 10. The van der Waals surface area contributed by atoms with Crippen LogP contribution in [-0.2, 0) is 0 Å². The first-order valence-electron chi connectivity index (χ1n) is 14.2. The molecule has 6 aliphatic rings. The molecule has 2 unspecified atom stereocenters. The van der Waals surface area contributed by atoms with Crippen LogP contribution in [0, 0.1) is 35.5 Å². The van der Waals surface area contributed by atoms with E-state index in [1.807, 2.05) is 24.3 Å². The quantitative estimate of drug-likeness (QED) is 0.412. The summed E-state index contributed by atoms with van der Waals surface area (Å²) in [7, 11) is 0. The number of aromatic nitrogens is 4. The smallest absolute Gasteiger partial charge is 0.250 e. The predicted octanol–water partition coefficient (Wildman–Crippen LogP) is 3.87. The van der Waals surface area contributed by atoms with E-state index in [1.165, 1.54) is 75.3 Å². The molecule has 40 heavy (non-hydrogen) atoms. The Labute approximate surface area is 243 Å². The molecule has 0 spiro atoms. The third-order valence-electron chi connectivity index (χ3n) is 8.87. The predicted molar refractivity (Wildman–Crippen MR) is 155 cm³/mol. The van der Waals surface area contributed by atoms with Gasteiger partial charge in [-0.2, -0.15) is 8.75 Å². The Morgan fingerprint density at radius 1 is 0.700 bits per heavy atom. The van der Waals surface area contributed by atoms with Crippen LogP contribution in [0.3, 0.4) is 0 Å². The second kappa shape index (κ2) is 11.8. The molecule has 0 amide bonds. The van der Waals surface area contributed by atoms with Crippen molar-refractivity contribution in [3.63, 3.8) is 0 Å². The van der Waals surface area contributed by atoms with Crippen molar-refractivity contribution in [2.24, 2.45) is 11.8 Å². The van der Waals surface area contributed by atoms with Gasteiger partial charge in [-0.3, -0.25) is 0 Å². The Bertz CT molecular complexity index is 1340. The van der Waals surface area contributed by atoms with Crippen LogP contribution in [0.15, 0.2) is 24.3 Å². The van der Waals surface area contributed by atoms with Crippen molar-refractivity contribution in [1.29, 1.82) is 0 Å². The normalized spacial score (nSPS) is 28.3. The van der Waals surface area contributed by atoms with Crippen LogP contribution in [0.2, 0.25) is 0 Å². The largest absolute Gasteiger partial charge is 0.463 e. The Balaban J connectivity index is 0.926. The average Bonchev–Trinajstić information content (AvgIpc) is 3.69. The van der Waals surface area contributed by atoms with Gasteiger partial charge >= 0.3 is 0 Å². The van der Waals surface area contributed by atoms with Gasteiger partial charge in [-0.1, -0.05) is 29.7 Å². The lowest BCUT2D eigenvalue weighted by molar-refractivity contribution is 0.0843. The van der Waals surface area contributed by atoms with Gasteiger partial charge < -0.3 is 19.3 Å². The fourth-order valence-corrected chi connectivity index (χ4v) is 7.86. The van der Waals surface area contributed by atoms with Crippen molar-refractivity contribution in [2.75, 3.05) is 52.5 Å². The maximum absolute atomic E-state index is 5.96. The maximum atomic E-state index is 5.96. The summed E-state index contributed by atoms with van der Waals surface area (Å²) in [5, 5.41) is 0. The molecule has 206 valence electrons. The van der Waals surface area contributed by atoms with Gasteiger partial charge in [-0.25, -0.2) is 0 Å². The van der Waals surface area contributed by atoms with E-state index in [1.54, 1.807) is 0 Å². The maximum Gasteiger partial charge on any atom is 0.250 e. The number of rotatable bonds is 6. The zero-order valence-corrected chi connectivity index (χ0v) is 24.1. The fraction of sp³-hybridized carbons (Fsp3) is 0.533. The molecule has 2 atom stereocenters. The Morgan fingerprint density at radius 2 is 1.18 bits per heavy atom. The SMILES string of the molecule is C(#Cc1cccc(C#CCOc2nsnc2C2CN3CCC2CC3)c1)COc1nsnc1C1CN2CCC1CC2. The molecule has 0 radical (unpaired) electrons. The lowest BCUT2D eigenvalue weighted by Crippen LogP contribution is -2.46. The van der Waals surface area contributed by atoms with Crippen LogP contribution in [0.1, 0.15) is 60.0 Å². The van der Waals surface area contributed by atoms with E-state index in [4.69, 9.17) is 9.47 Å². The first-order valence-corrected chi connectivity index (χ1v) is 15.7. The summed E-state index contributed by atoms with van der Waals surface area (Å²) in [5.74, 6) is 16.2. The monoisotopic (exact) mass is 572 g/mol. The number of piperidine rings is 6. The van der Waals surface area contributed by atoms with Gasteiger partial charge in [0.05, 0.1) is 23.5 Å². The molecule has 6 aliphatic heterocycles. The second-order valence-electron chi connectivity index (χ2n) is 11.2. The van der Waals surface area contributed by atoms with Crippen molar-refractivity contribution >= 4 is 23.5 Å². The fourth-order valence-electron chi connectivity index (χ4n) is 6.74. The number of ether oxygens (including phenoxy) is 2. The third-order valence-corrected chi connectivity index (χ3v) is 9.92. The summed E-state index contributed by atoms with van der Waals surface area (Å²) < 4.78 is 29.9. The zero-order valence-electron chi connectivity index (χ0n) is 22.4. The Hall–Kier alpha value is -3.02. The van der Waals surface area contributed by atoms with Gasteiger partial charge in [0.2, 0.25) is 11.8 Å². The van der Waals surface area contributed by atoms with Gasteiger partial charge in [0, 0.05) is 36.1 Å². The van der Waals surface area contributed by atoms with Gasteiger partial charge in [-0.05, 0) is 81.9 Å². The van der Waals surface area contributed by atoms with Gasteiger partial charge in [0.15, 0.2) is 13.2 Å². The van der Waals surface area contributed by atoms with E-state index in [0.717, 1.165) is 35.6 Å². The van der Waals surface area contributed by atoms with Crippen LogP contribution in [0.4, 0.5) is 0 Å². The summed E-state index contributed by atoms with van der Waals surface area (Å²) >= 11 is 2.47. The van der Waals surface area contributed by atoms with Crippen LogP contribution in [0.25, 0.3) is 0 Å². The summed E-state index contributed by atoms with van der Waals surface area (Å²) in [5.41, 5.74) is 3.84. The zero-order chi connectivity index (χ0) is 26.7. The van der Waals surface area contributed by atoms with Gasteiger partial charge in [0.1, 0.15) is 11.4 Å². The molecule has 8 heterocycles. The molecule has 8 nitrogen and oxygen atoms in total. The summed E-state index contributed by atoms with van der Waals surface area (Å²) in [6.45, 7) is 7.54. The summed E-state index contributed by atoms with van der Waals surface area (Å²) in [6, 6.07) is 7.94. The highest BCUT2D eigenvalue weighted by Crippen LogP contribution is 2.42. The van der Waals surface area contributed by atoms with Crippen LogP contribution >= 0.6 is 23.5 Å². The van der Waals surface area contributed by atoms with E-state index < -0.39 is 0 Å². The van der Waals surface area contributed by atoms with Crippen molar-refractivity contribution in [3.05, 3.63) is 46.8 Å².